The van der Waals surface area contributed by atoms with Crippen LogP contribution in [0.25, 0.3) is 0 Å². The molecule has 0 atom stereocenters. The van der Waals surface area contributed by atoms with Gasteiger partial charge in [0, 0.05) is 6.08 Å². The lowest BCUT2D eigenvalue weighted by atomic mass is 10.3. The van der Waals surface area contributed by atoms with Crippen molar-refractivity contribution in [3.8, 4) is 11.5 Å². The number of hydrogen-bond donors (Lipinski definition) is 0. The molecular weight excluding hydrogens is 220 g/mol. The molecule has 0 saturated heterocycles. The third-order valence-corrected chi connectivity index (χ3v) is 1.94. The first-order valence-electron chi connectivity index (χ1n) is 5.37. The van der Waals surface area contributed by atoms with Gasteiger partial charge in [-0.15, -0.1) is 0 Å². The van der Waals surface area contributed by atoms with Crippen LogP contribution in [0.15, 0.2) is 36.4 Å². The summed E-state index contributed by atoms with van der Waals surface area (Å²) in [5.74, 6) is 0.941. The second-order valence-corrected chi connectivity index (χ2v) is 3.12. The van der Waals surface area contributed by atoms with Crippen LogP contribution in [-0.2, 0) is 9.53 Å². The molecule has 0 amide bonds. The van der Waals surface area contributed by atoms with E-state index >= 15 is 0 Å². The maximum Gasteiger partial charge on any atom is 0.330 e. The molecule has 0 N–H and O–H groups in total. The second kappa shape index (κ2) is 7.33. The van der Waals surface area contributed by atoms with Crippen LogP contribution >= 0.6 is 0 Å². The Morgan fingerprint density at radius 3 is 2.65 bits per heavy atom. The van der Waals surface area contributed by atoms with Crippen molar-refractivity contribution in [1.29, 1.82) is 0 Å². The molecule has 0 aromatic heterocycles. The number of esters is 1. The highest BCUT2D eigenvalue weighted by Gasteiger charge is 2.00. The summed E-state index contributed by atoms with van der Waals surface area (Å²) in [7, 11) is 1.58. The Labute approximate surface area is 101 Å². The summed E-state index contributed by atoms with van der Waals surface area (Å²) < 4.78 is 15.3. The topological polar surface area (TPSA) is 44.8 Å². The number of carbonyl (C=O) groups excluding carboxylic acids is 1. The van der Waals surface area contributed by atoms with E-state index in [4.69, 9.17) is 14.2 Å². The van der Waals surface area contributed by atoms with Crippen molar-refractivity contribution in [2.75, 3.05) is 20.3 Å². The summed E-state index contributed by atoms with van der Waals surface area (Å²) in [6.45, 7) is 2.42. The normalized spacial score (nSPS) is 10.2. The van der Waals surface area contributed by atoms with Gasteiger partial charge in [-0.25, -0.2) is 4.79 Å². The zero-order valence-electron chi connectivity index (χ0n) is 10.0. The van der Waals surface area contributed by atoms with Crippen LogP contribution in [0, 0.1) is 0 Å². The molecule has 0 aliphatic heterocycles. The van der Waals surface area contributed by atoms with Gasteiger partial charge in [0.1, 0.15) is 6.61 Å². The number of benzene rings is 1. The number of hydrogen-bond acceptors (Lipinski definition) is 4. The first-order chi connectivity index (χ1) is 8.27. The predicted molar refractivity (Wildman–Crippen MR) is 64.3 cm³/mol. The van der Waals surface area contributed by atoms with E-state index in [1.54, 1.807) is 26.2 Å². The van der Waals surface area contributed by atoms with Gasteiger partial charge in [0.25, 0.3) is 0 Å². The Kier molecular flexibility index (Phi) is 5.64. The van der Waals surface area contributed by atoms with Crippen LogP contribution in [-0.4, -0.2) is 26.3 Å². The number of carbonyl (C=O) groups is 1. The molecule has 0 saturated carbocycles. The Hall–Kier alpha value is -1.97. The fourth-order valence-electron chi connectivity index (χ4n) is 1.21. The largest absolute Gasteiger partial charge is 0.493 e. The molecule has 1 aromatic carbocycles. The van der Waals surface area contributed by atoms with Gasteiger partial charge < -0.3 is 14.2 Å². The molecule has 0 radical (unpaired) electrons. The van der Waals surface area contributed by atoms with E-state index in [1.165, 1.54) is 6.08 Å². The average Bonchev–Trinajstić information content (AvgIpc) is 2.35. The van der Waals surface area contributed by atoms with Crippen LogP contribution in [0.3, 0.4) is 0 Å². The quantitative estimate of drug-likeness (QED) is 0.561. The molecule has 0 fully saturated rings. The van der Waals surface area contributed by atoms with E-state index in [2.05, 4.69) is 0 Å². The average molecular weight is 236 g/mol. The van der Waals surface area contributed by atoms with Gasteiger partial charge in [-0.1, -0.05) is 12.1 Å². The molecule has 17 heavy (non-hydrogen) atoms. The molecule has 4 heteroatoms. The molecule has 0 bridgehead atoms. The van der Waals surface area contributed by atoms with Crippen molar-refractivity contribution in [2.45, 2.75) is 6.92 Å². The third kappa shape index (κ3) is 4.59. The van der Waals surface area contributed by atoms with Crippen molar-refractivity contribution in [2.24, 2.45) is 0 Å². The smallest absolute Gasteiger partial charge is 0.330 e. The highest BCUT2D eigenvalue weighted by molar-refractivity contribution is 5.81. The molecule has 0 heterocycles. The lowest BCUT2D eigenvalue weighted by Crippen LogP contribution is -2.01. The Morgan fingerprint density at radius 2 is 2.00 bits per heavy atom. The minimum atomic E-state index is -0.365. The molecule has 0 aliphatic carbocycles. The van der Waals surface area contributed by atoms with Crippen molar-refractivity contribution in [1.82, 2.24) is 0 Å². The predicted octanol–water partition coefficient (Wildman–Crippen LogP) is 2.19. The highest BCUT2D eigenvalue weighted by atomic mass is 16.5. The van der Waals surface area contributed by atoms with E-state index in [0.29, 0.717) is 24.7 Å². The van der Waals surface area contributed by atoms with Crippen molar-refractivity contribution in [3.05, 3.63) is 36.4 Å². The maximum absolute atomic E-state index is 11.0. The van der Waals surface area contributed by atoms with E-state index in [-0.39, 0.29) is 5.97 Å². The van der Waals surface area contributed by atoms with Crippen molar-refractivity contribution >= 4 is 5.97 Å². The van der Waals surface area contributed by atoms with Crippen molar-refractivity contribution in [3.63, 3.8) is 0 Å². The molecule has 0 unspecified atom stereocenters. The first-order valence-corrected chi connectivity index (χ1v) is 5.37. The molecule has 92 valence electrons. The van der Waals surface area contributed by atoms with Crippen LogP contribution in [0.2, 0.25) is 0 Å². The van der Waals surface area contributed by atoms with E-state index < -0.39 is 0 Å². The molecule has 4 nitrogen and oxygen atoms in total. The second-order valence-electron chi connectivity index (χ2n) is 3.12. The van der Waals surface area contributed by atoms with E-state index in [1.807, 2.05) is 18.2 Å². The molecule has 0 aliphatic rings. The van der Waals surface area contributed by atoms with Crippen molar-refractivity contribution < 1.29 is 19.0 Å². The lowest BCUT2D eigenvalue weighted by molar-refractivity contribution is -0.137. The summed E-state index contributed by atoms with van der Waals surface area (Å²) in [5, 5.41) is 0. The Bertz CT molecular complexity index is 385. The zero-order chi connectivity index (χ0) is 12.5. The highest BCUT2D eigenvalue weighted by Crippen LogP contribution is 2.25. The zero-order valence-corrected chi connectivity index (χ0v) is 10.0. The Balaban J connectivity index is 2.43. The van der Waals surface area contributed by atoms with Crippen LogP contribution in [0.4, 0.5) is 0 Å². The van der Waals surface area contributed by atoms with Gasteiger partial charge in [-0.3, -0.25) is 0 Å². The lowest BCUT2D eigenvalue weighted by Gasteiger charge is -2.07. The summed E-state index contributed by atoms with van der Waals surface area (Å²) in [6.07, 6.45) is 2.95. The van der Waals surface area contributed by atoms with E-state index in [0.717, 1.165) is 0 Å². The molecular formula is C13H16O4. The fourth-order valence-corrected chi connectivity index (χ4v) is 1.21. The van der Waals surface area contributed by atoms with Gasteiger partial charge in [0.2, 0.25) is 0 Å². The van der Waals surface area contributed by atoms with Crippen LogP contribution in [0.1, 0.15) is 6.92 Å². The Morgan fingerprint density at radius 1 is 1.29 bits per heavy atom. The van der Waals surface area contributed by atoms with Gasteiger partial charge >= 0.3 is 5.97 Å². The minimum absolute atomic E-state index is 0.291. The SMILES string of the molecule is CCOC(=O)/C=C/COc1ccccc1OC. The minimum Gasteiger partial charge on any atom is -0.493 e. The summed E-state index contributed by atoms with van der Waals surface area (Å²) in [5.41, 5.74) is 0. The molecule has 1 rings (SSSR count). The van der Waals surface area contributed by atoms with E-state index in [9.17, 15) is 4.79 Å². The van der Waals surface area contributed by atoms with Gasteiger partial charge in [0.15, 0.2) is 11.5 Å². The van der Waals surface area contributed by atoms with Gasteiger partial charge in [0.05, 0.1) is 13.7 Å². The fraction of sp³-hybridized carbons (Fsp3) is 0.308. The van der Waals surface area contributed by atoms with Crippen LogP contribution < -0.4 is 9.47 Å². The standard InChI is InChI=1S/C13H16O4/c1-3-16-13(14)9-6-10-17-12-8-5-4-7-11(12)15-2/h4-9H,3,10H2,1-2H3/b9-6+. The monoisotopic (exact) mass is 236 g/mol. The molecule has 0 spiro atoms. The number of ether oxygens (including phenoxy) is 3. The van der Waals surface area contributed by atoms with Gasteiger partial charge in [-0.2, -0.15) is 0 Å². The summed E-state index contributed by atoms with van der Waals surface area (Å²) >= 11 is 0. The maximum atomic E-state index is 11.0. The third-order valence-electron chi connectivity index (χ3n) is 1.94. The first kappa shape index (κ1) is 13.1. The molecule has 1 aromatic rings. The van der Waals surface area contributed by atoms with Crippen LogP contribution in [0.5, 0.6) is 11.5 Å². The number of para-hydroxylation sites is 2. The summed E-state index contributed by atoms with van der Waals surface area (Å²) in [4.78, 5) is 11.0. The summed E-state index contributed by atoms with van der Waals surface area (Å²) in [6, 6.07) is 7.33. The number of rotatable bonds is 6. The number of methoxy groups -OCH3 is 1. The van der Waals surface area contributed by atoms with Gasteiger partial charge in [-0.05, 0) is 25.1 Å².